The standard InChI is InChI=1S/C19H21ClN2O4.H2S/c20-18-4-2-1-3-14(18)13-26-17-9-15(10-21-11-17)22-7-8-25-16(12-22)5-6-19(23)24;/h1-4,9-11,16H,5-8,12-13H2,(H,23,24);1H2/t16-;/m0./s1. The maximum atomic E-state index is 10.7. The summed E-state index contributed by atoms with van der Waals surface area (Å²) in [5, 5.41) is 9.50. The molecule has 0 aliphatic carbocycles. The van der Waals surface area contributed by atoms with E-state index in [-0.39, 0.29) is 26.0 Å². The lowest BCUT2D eigenvalue weighted by Gasteiger charge is -2.34. The number of ether oxygens (including phenoxy) is 2. The van der Waals surface area contributed by atoms with Gasteiger partial charge in [-0.3, -0.25) is 9.78 Å². The number of hydrogen-bond acceptors (Lipinski definition) is 5. The quantitative estimate of drug-likeness (QED) is 0.753. The number of anilines is 1. The monoisotopic (exact) mass is 410 g/mol. The minimum absolute atomic E-state index is 0. The highest BCUT2D eigenvalue weighted by Crippen LogP contribution is 2.24. The van der Waals surface area contributed by atoms with Gasteiger partial charge in [-0.1, -0.05) is 29.8 Å². The molecule has 1 aliphatic rings. The first-order chi connectivity index (χ1) is 12.6. The van der Waals surface area contributed by atoms with Gasteiger partial charge in [-0.2, -0.15) is 13.5 Å². The van der Waals surface area contributed by atoms with Crippen molar-refractivity contribution in [3.8, 4) is 5.75 Å². The van der Waals surface area contributed by atoms with E-state index in [0.717, 1.165) is 17.8 Å². The van der Waals surface area contributed by atoms with Crippen LogP contribution >= 0.6 is 25.1 Å². The Labute approximate surface area is 170 Å². The summed E-state index contributed by atoms with van der Waals surface area (Å²) in [5.41, 5.74) is 1.85. The highest BCUT2D eigenvalue weighted by molar-refractivity contribution is 7.59. The zero-order valence-electron chi connectivity index (χ0n) is 14.8. The van der Waals surface area contributed by atoms with Gasteiger partial charge in [0, 0.05) is 36.2 Å². The molecule has 0 saturated carbocycles. The van der Waals surface area contributed by atoms with Gasteiger partial charge >= 0.3 is 5.97 Å². The number of carboxylic acids is 1. The fourth-order valence-corrected chi connectivity index (χ4v) is 3.04. The van der Waals surface area contributed by atoms with Crippen LogP contribution in [0.15, 0.2) is 42.7 Å². The summed E-state index contributed by atoms with van der Waals surface area (Å²) in [4.78, 5) is 17.1. The van der Waals surface area contributed by atoms with E-state index in [1.807, 2.05) is 30.3 Å². The first-order valence-electron chi connectivity index (χ1n) is 8.51. The highest BCUT2D eigenvalue weighted by atomic mass is 35.5. The molecule has 6 nitrogen and oxygen atoms in total. The number of rotatable bonds is 7. The molecule has 146 valence electrons. The molecular formula is C19H23ClN2O4S. The van der Waals surface area contributed by atoms with Crippen LogP contribution in [0.3, 0.4) is 0 Å². The van der Waals surface area contributed by atoms with Crippen molar-refractivity contribution >= 4 is 36.8 Å². The summed E-state index contributed by atoms with van der Waals surface area (Å²) in [7, 11) is 0. The van der Waals surface area contributed by atoms with Crippen molar-refractivity contribution in [3.63, 3.8) is 0 Å². The molecule has 27 heavy (non-hydrogen) atoms. The zero-order chi connectivity index (χ0) is 18.4. The molecule has 0 bridgehead atoms. The minimum Gasteiger partial charge on any atom is -0.487 e. The van der Waals surface area contributed by atoms with Crippen LogP contribution in [0.25, 0.3) is 0 Å². The second kappa shape index (κ2) is 10.4. The minimum atomic E-state index is -0.803. The Balaban J connectivity index is 0.00000261. The van der Waals surface area contributed by atoms with Crippen molar-refractivity contribution in [2.45, 2.75) is 25.6 Å². The topological polar surface area (TPSA) is 71.9 Å². The van der Waals surface area contributed by atoms with Gasteiger partial charge in [0.1, 0.15) is 12.4 Å². The van der Waals surface area contributed by atoms with Crippen LogP contribution in [0.4, 0.5) is 5.69 Å². The van der Waals surface area contributed by atoms with Gasteiger partial charge in [0.25, 0.3) is 0 Å². The van der Waals surface area contributed by atoms with E-state index >= 15 is 0 Å². The molecule has 1 saturated heterocycles. The van der Waals surface area contributed by atoms with Crippen molar-refractivity contribution in [2.24, 2.45) is 0 Å². The molecule has 1 fully saturated rings. The van der Waals surface area contributed by atoms with Crippen LogP contribution in [0.5, 0.6) is 5.75 Å². The van der Waals surface area contributed by atoms with Crippen LogP contribution in [0, 0.1) is 0 Å². The first kappa shape index (κ1) is 21.3. The number of carbonyl (C=O) groups is 1. The van der Waals surface area contributed by atoms with Crippen LogP contribution < -0.4 is 9.64 Å². The highest BCUT2D eigenvalue weighted by Gasteiger charge is 2.22. The van der Waals surface area contributed by atoms with Crippen LogP contribution in [-0.2, 0) is 16.1 Å². The number of aromatic nitrogens is 1. The van der Waals surface area contributed by atoms with Gasteiger partial charge in [0.05, 0.1) is 30.8 Å². The van der Waals surface area contributed by atoms with Crippen LogP contribution in [0.1, 0.15) is 18.4 Å². The lowest BCUT2D eigenvalue weighted by molar-refractivity contribution is -0.137. The summed E-state index contributed by atoms with van der Waals surface area (Å²) >= 11 is 6.15. The van der Waals surface area contributed by atoms with Gasteiger partial charge in [-0.15, -0.1) is 0 Å². The Morgan fingerprint density at radius 2 is 2.19 bits per heavy atom. The maximum Gasteiger partial charge on any atom is 0.303 e. The van der Waals surface area contributed by atoms with Crippen molar-refractivity contribution in [1.29, 1.82) is 0 Å². The Hall–Kier alpha value is -1.96. The second-order valence-corrected chi connectivity index (χ2v) is 6.54. The van der Waals surface area contributed by atoms with Gasteiger partial charge in [-0.05, 0) is 12.5 Å². The fraction of sp³-hybridized carbons (Fsp3) is 0.368. The predicted octanol–water partition coefficient (Wildman–Crippen LogP) is 3.50. The van der Waals surface area contributed by atoms with Gasteiger partial charge in [0.2, 0.25) is 0 Å². The number of morpholine rings is 1. The fourth-order valence-electron chi connectivity index (χ4n) is 2.85. The van der Waals surface area contributed by atoms with Crippen molar-refractivity contribution in [1.82, 2.24) is 4.98 Å². The molecule has 1 atom stereocenters. The van der Waals surface area contributed by atoms with E-state index in [4.69, 9.17) is 26.2 Å². The zero-order valence-corrected chi connectivity index (χ0v) is 16.6. The lowest BCUT2D eigenvalue weighted by atomic mass is 10.1. The lowest BCUT2D eigenvalue weighted by Crippen LogP contribution is -2.42. The molecule has 2 heterocycles. The smallest absolute Gasteiger partial charge is 0.303 e. The molecular weight excluding hydrogens is 388 g/mol. The maximum absolute atomic E-state index is 10.7. The third-order valence-corrected chi connectivity index (χ3v) is 4.60. The van der Waals surface area contributed by atoms with E-state index in [1.165, 1.54) is 0 Å². The summed E-state index contributed by atoms with van der Waals surface area (Å²) in [6.07, 6.45) is 3.97. The van der Waals surface area contributed by atoms with E-state index < -0.39 is 5.97 Å². The third kappa shape index (κ3) is 6.30. The van der Waals surface area contributed by atoms with E-state index in [2.05, 4.69) is 9.88 Å². The summed E-state index contributed by atoms with van der Waals surface area (Å²) in [6.45, 7) is 2.31. The van der Waals surface area contributed by atoms with Crippen molar-refractivity contribution < 1.29 is 19.4 Å². The number of halogens is 1. The number of nitrogens with zero attached hydrogens (tertiary/aromatic N) is 2. The molecule has 0 radical (unpaired) electrons. The average Bonchev–Trinajstić information content (AvgIpc) is 2.66. The van der Waals surface area contributed by atoms with Crippen molar-refractivity contribution in [2.75, 3.05) is 24.6 Å². The second-order valence-electron chi connectivity index (χ2n) is 6.13. The molecule has 0 spiro atoms. The molecule has 8 heteroatoms. The number of pyridine rings is 1. The number of benzene rings is 1. The van der Waals surface area contributed by atoms with Crippen LogP contribution in [0.2, 0.25) is 5.02 Å². The van der Waals surface area contributed by atoms with E-state index in [1.54, 1.807) is 12.4 Å². The molecule has 1 N–H and O–H groups in total. The summed E-state index contributed by atoms with van der Waals surface area (Å²) in [6, 6.07) is 9.50. The number of hydrogen-bond donors (Lipinski definition) is 1. The van der Waals surface area contributed by atoms with Gasteiger partial charge in [0.15, 0.2) is 0 Å². The average molecular weight is 411 g/mol. The van der Waals surface area contributed by atoms with Crippen molar-refractivity contribution in [3.05, 3.63) is 53.3 Å². The van der Waals surface area contributed by atoms with Gasteiger partial charge < -0.3 is 19.5 Å². The van der Waals surface area contributed by atoms with Gasteiger partial charge in [-0.25, -0.2) is 0 Å². The largest absolute Gasteiger partial charge is 0.487 e. The summed E-state index contributed by atoms with van der Waals surface area (Å²) < 4.78 is 11.5. The third-order valence-electron chi connectivity index (χ3n) is 4.24. The van der Waals surface area contributed by atoms with E-state index in [0.29, 0.717) is 37.0 Å². The SMILES string of the molecule is O=C(O)CC[C@H]1CN(c2cncc(OCc3ccccc3Cl)c2)CCO1.S. The Morgan fingerprint density at radius 1 is 1.37 bits per heavy atom. The Bertz CT molecular complexity index is 762. The van der Waals surface area contributed by atoms with Crippen LogP contribution in [-0.4, -0.2) is 41.9 Å². The first-order valence-corrected chi connectivity index (χ1v) is 8.89. The molecule has 1 aliphatic heterocycles. The number of carboxylic acid groups (broad SMARTS) is 1. The molecule has 0 unspecified atom stereocenters. The predicted molar refractivity (Wildman–Crippen MR) is 109 cm³/mol. The Morgan fingerprint density at radius 3 is 2.96 bits per heavy atom. The molecule has 1 aromatic heterocycles. The molecule has 1 aromatic carbocycles. The Kier molecular flexibility index (Phi) is 8.22. The molecule has 3 rings (SSSR count). The van der Waals surface area contributed by atoms with E-state index in [9.17, 15) is 4.79 Å². The molecule has 2 aromatic rings. The normalized spacial score (nSPS) is 16.5. The molecule has 0 amide bonds. The summed E-state index contributed by atoms with van der Waals surface area (Å²) in [5.74, 6) is -0.140. The number of aliphatic carboxylic acids is 1.